The SMILES string of the molecule is CC(C)(C)Nc1sc2c(c1C(N)=O)CCN(C(=O)O)C2. The van der Waals surface area contributed by atoms with E-state index in [1.165, 1.54) is 16.2 Å². The first kappa shape index (κ1) is 14.6. The van der Waals surface area contributed by atoms with Crippen LogP contribution in [-0.2, 0) is 13.0 Å². The third kappa shape index (κ3) is 2.87. The van der Waals surface area contributed by atoms with Crippen molar-refractivity contribution in [2.45, 2.75) is 39.3 Å². The molecule has 1 aromatic heterocycles. The van der Waals surface area contributed by atoms with Gasteiger partial charge in [0.2, 0.25) is 0 Å². The topological polar surface area (TPSA) is 95.7 Å². The molecule has 2 rings (SSSR count). The lowest BCUT2D eigenvalue weighted by atomic mass is 10.0. The van der Waals surface area contributed by atoms with Crippen LogP contribution in [0.4, 0.5) is 9.80 Å². The van der Waals surface area contributed by atoms with Crippen molar-refractivity contribution < 1.29 is 14.7 Å². The van der Waals surface area contributed by atoms with E-state index in [1.54, 1.807) is 0 Å². The lowest BCUT2D eigenvalue weighted by Crippen LogP contribution is -2.34. The van der Waals surface area contributed by atoms with Crippen LogP contribution < -0.4 is 11.1 Å². The number of carboxylic acid groups (broad SMARTS) is 1. The van der Waals surface area contributed by atoms with Crippen LogP contribution in [0.1, 0.15) is 41.6 Å². The van der Waals surface area contributed by atoms with Gasteiger partial charge in [-0.25, -0.2) is 4.79 Å². The molecule has 6 nitrogen and oxygen atoms in total. The number of thiophene rings is 1. The summed E-state index contributed by atoms with van der Waals surface area (Å²) in [6, 6.07) is 0. The zero-order valence-corrected chi connectivity index (χ0v) is 12.6. The number of hydrogen-bond acceptors (Lipinski definition) is 4. The van der Waals surface area contributed by atoms with Crippen LogP contribution in [0.15, 0.2) is 0 Å². The van der Waals surface area contributed by atoms with Gasteiger partial charge >= 0.3 is 6.09 Å². The summed E-state index contributed by atoms with van der Waals surface area (Å²) < 4.78 is 0. The molecule has 2 amide bonds. The predicted molar refractivity (Wildman–Crippen MR) is 78.4 cm³/mol. The molecule has 0 atom stereocenters. The number of fused-ring (bicyclic) bond motifs is 1. The highest BCUT2D eigenvalue weighted by atomic mass is 32.1. The Morgan fingerprint density at radius 1 is 1.40 bits per heavy atom. The maximum absolute atomic E-state index is 11.7. The highest BCUT2D eigenvalue weighted by Crippen LogP contribution is 2.38. The fraction of sp³-hybridized carbons (Fsp3) is 0.538. The summed E-state index contributed by atoms with van der Waals surface area (Å²) in [5.74, 6) is -0.460. The molecule has 0 saturated heterocycles. The second-order valence-corrected chi connectivity index (χ2v) is 7.01. The lowest BCUT2D eigenvalue weighted by molar-refractivity contribution is 0.1000. The fourth-order valence-electron chi connectivity index (χ4n) is 2.26. The van der Waals surface area contributed by atoms with Crippen LogP contribution >= 0.6 is 11.3 Å². The average Bonchev–Trinajstić information content (AvgIpc) is 2.62. The summed E-state index contributed by atoms with van der Waals surface area (Å²) in [4.78, 5) is 25.0. The summed E-state index contributed by atoms with van der Waals surface area (Å²) in [7, 11) is 0. The number of nitrogens with two attached hydrogens (primary N) is 1. The van der Waals surface area contributed by atoms with Gasteiger partial charge in [-0.05, 0) is 32.8 Å². The first-order valence-corrected chi connectivity index (χ1v) is 7.21. The number of hydrogen-bond donors (Lipinski definition) is 3. The van der Waals surface area contributed by atoms with E-state index >= 15 is 0 Å². The molecule has 0 aromatic carbocycles. The van der Waals surface area contributed by atoms with E-state index in [0.717, 1.165) is 15.4 Å². The summed E-state index contributed by atoms with van der Waals surface area (Å²) in [5.41, 5.74) is 6.72. The van der Waals surface area contributed by atoms with Crippen molar-refractivity contribution in [1.82, 2.24) is 4.90 Å². The fourth-order valence-corrected chi connectivity index (χ4v) is 3.73. The Kier molecular flexibility index (Phi) is 3.64. The predicted octanol–water partition coefficient (Wildman–Crippen LogP) is 2.09. The number of rotatable bonds is 2. The summed E-state index contributed by atoms with van der Waals surface area (Å²) in [5, 5.41) is 13.1. The number of amides is 2. The van der Waals surface area contributed by atoms with Gasteiger partial charge in [0.15, 0.2) is 0 Å². The summed E-state index contributed by atoms with van der Waals surface area (Å²) in [6.45, 7) is 6.72. The molecule has 110 valence electrons. The van der Waals surface area contributed by atoms with Crippen molar-refractivity contribution in [2.24, 2.45) is 5.73 Å². The van der Waals surface area contributed by atoms with Crippen molar-refractivity contribution in [3.63, 3.8) is 0 Å². The van der Waals surface area contributed by atoms with Gasteiger partial charge in [0.25, 0.3) is 5.91 Å². The van der Waals surface area contributed by atoms with E-state index in [2.05, 4.69) is 5.32 Å². The molecule has 0 fully saturated rings. The molecular formula is C13H19N3O3S. The highest BCUT2D eigenvalue weighted by Gasteiger charge is 2.29. The Labute approximate surface area is 121 Å². The third-order valence-corrected chi connectivity index (χ3v) is 4.19. The number of carbonyl (C=O) groups excluding carboxylic acids is 1. The second kappa shape index (κ2) is 4.97. The Bertz CT molecular complexity index is 560. The maximum Gasteiger partial charge on any atom is 0.407 e. The van der Waals surface area contributed by atoms with Gasteiger partial charge in [-0.3, -0.25) is 4.79 Å². The minimum atomic E-state index is -0.935. The molecular weight excluding hydrogens is 278 g/mol. The quantitative estimate of drug-likeness (QED) is 0.779. The van der Waals surface area contributed by atoms with E-state index in [9.17, 15) is 9.59 Å². The maximum atomic E-state index is 11.7. The molecule has 20 heavy (non-hydrogen) atoms. The van der Waals surface area contributed by atoms with E-state index in [1.807, 2.05) is 20.8 Å². The van der Waals surface area contributed by atoms with Gasteiger partial charge in [-0.15, -0.1) is 11.3 Å². The molecule has 0 saturated carbocycles. The van der Waals surface area contributed by atoms with Crippen LogP contribution in [0, 0.1) is 0 Å². The van der Waals surface area contributed by atoms with Crippen molar-refractivity contribution in [3.05, 3.63) is 16.0 Å². The van der Waals surface area contributed by atoms with Gasteiger partial charge in [0.05, 0.1) is 12.1 Å². The van der Waals surface area contributed by atoms with E-state index < -0.39 is 12.0 Å². The van der Waals surface area contributed by atoms with E-state index in [-0.39, 0.29) is 5.54 Å². The Balaban J connectivity index is 2.41. The first-order chi connectivity index (χ1) is 9.19. The molecule has 0 unspecified atom stereocenters. The average molecular weight is 297 g/mol. The largest absolute Gasteiger partial charge is 0.465 e. The molecule has 0 radical (unpaired) electrons. The molecule has 2 heterocycles. The summed E-state index contributed by atoms with van der Waals surface area (Å²) >= 11 is 1.42. The Morgan fingerprint density at radius 2 is 2.05 bits per heavy atom. The van der Waals surface area contributed by atoms with E-state index in [4.69, 9.17) is 10.8 Å². The minimum Gasteiger partial charge on any atom is -0.465 e. The molecule has 7 heteroatoms. The number of primary amides is 1. The standard InChI is InChI=1S/C13H19N3O3S/c1-13(2,3)15-11-9(10(14)17)7-4-5-16(12(18)19)6-8(7)20-11/h15H,4-6H2,1-3H3,(H2,14,17)(H,18,19). The van der Waals surface area contributed by atoms with Crippen LogP contribution in [0.25, 0.3) is 0 Å². The first-order valence-electron chi connectivity index (χ1n) is 6.39. The van der Waals surface area contributed by atoms with Crippen LogP contribution in [0.5, 0.6) is 0 Å². The minimum absolute atomic E-state index is 0.190. The molecule has 0 spiro atoms. The van der Waals surface area contributed by atoms with Crippen LogP contribution in [-0.4, -0.2) is 34.1 Å². The van der Waals surface area contributed by atoms with Crippen molar-refractivity contribution in [1.29, 1.82) is 0 Å². The van der Waals surface area contributed by atoms with Crippen molar-refractivity contribution in [3.8, 4) is 0 Å². The highest BCUT2D eigenvalue weighted by molar-refractivity contribution is 7.16. The van der Waals surface area contributed by atoms with Crippen molar-refractivity contribution in [2.75, 3.05) is 11.9 Å². The monoisotopic (exact) mass is 297 g/mol. The third-order valence-electron chi connectivity index (χ3n) is 3.06. The summed E-state index contributed by atoms with van der Waals surface area (Å²) in [6.07, 6.45) is -0.405. The zero-order valence-electron chi connectivity index (χ0n) is 11.8. The van der Waals surface area contributed by atoms with Crippen LogP contribution in [0.2, 0.25) is 0 Å². The Hall–Kier alpha value is -1.76. The van der Waals surface area contributed by atoms with Gasteiger partial charge in [0, 0.05) is 17.0 Å². The molecule has 1 aliphatic heterocycles. The molecule has 1 aromatic rings. The second-order valence-electron chi connectivity index (χ2n) is 5.90. The number of carbonyl (C=O) groups is 2. The van der Waals surface area contributed by atoms with Gasteiger partial charge in [-0.2, -0.15) is 0 Å². The van der Waals surface area contributed by atoms with Gasteiger partial charge < -0.3 is 21.1 Å². The van der Waals surface area contributed by atoms with E-state index in [0.29, 0.717) is 25.1 Å². The van der Waals surface area contributed by atoms with Gasteiger partial charge in [0.1, 0.15) is 5.00 Å². The molecule has 0 bridgehead atoms. The van der Waals surface area contributed by atoms with Gasteiger partial charge in [-0.1, -0.05) is 0 Å². The normalized spacial score (nSPS) is 14.8. The molecule has 0 aliphatic carbocycles. The Morgan fingerprint density at radius 3 is 2.55 bits per heavy atom. The van der Waals surface area contributed by atoms with Crippen LogP contribution in [0.3, 0.4) is 0 Å². The van der Waals surface area contributed by atoms with Crippen molar-refractivity contribution >= 4 is 28.3 Å². The number of nitrogens with one attached hydrogen (secondary N) is 1. The smallest absolute Gasteiger partial charge is 0.407 e. The zero-order chi connectivity index (χ0) is 15.1. The molecule has 1 aliphatic rings. The molecule has 4 N–H and O–H groups in total. The number of nitrogens with zero attached hydrogens (tertiary/aromatic N) is 1. The lowest BCUT2D eigenvalue weighted by Gasteiger charge is -2.24. The number of anilines is 1.